The largest absolute Gasteiger partial charge is 0.495 e. The number of hydrogen-bond acceptors (Lipinski definition) is 6. The normalized spacial score (nSPS) is 15.0. The summed E-state index contributed by atoms with van der Waals surface area (Å²) in [5, 5.41) is 3.31. The summed E-state index contributed by atoms with van der Waals surface area (Å²) in [5.41, 5.74) is 0.802. The average Bonchev–Trinajstić information content (AvgIpc) is 2.68. The Balaban J connectivity index is 1.74. The molecule has 1 aromatic heterocycles. The highest BCUT2D eigenvalue weighted by Crippen LogP contribution is 2.28. The fourth-order valence-electron chi connectivity index (χ4n) is 2.86. The van der Waals surface area contributed by atoms with Crippen LogP contribution in [0.1, 0.15) is 17.4 Å². The second-order valence-electron chi connectivity index (χ2n) is 5.96. The minimum atomic E-state index is -0.332. The van der Waals surface area contributed by atoms with E-state index in [1.165, 1.54) is 7.11 Å². The van der Waals surface area contributed by atoms with Crippen molar-refractivity contribution >= 4 is 29.1 Å². The summed E-state index contributed by atoms with van der Waals surface area (Å²) in [4.78, 5) is 25.8. The highest BCUT2D eigenvalue weighted by atomic mass is 35.5. The third kappa shape index (κ3) is 4.23. The Hall–Kier alpha value is -2.38. The maximum atomic E-state index is 12.6. The van der Waals surface area contributed by atoms with Crippen molar-refractivity contribution in [1.82, 2.24) is 14.9 Å². The number of aromatic nitrogens is 2. The number of halogens is 1. The minimum Gasteiger partial charge on any atom is -0.495 e. The maximum Gasteiger partial charge on any atom is 0.274 e. The summed E-state index contributed by atoms with van der Waals surface area (Å²) in [7, 11) is 1.54. The molecule has 0 radical (unpaired) electrons. The molecule has 26 heavy (non-hydrogen) atoms. The summed E-state index contributed by atoms with van der Waals surface area (Å²) >= 11 is 6.01. The molecule has 138 valence electrons. The molecule has 0 unspecified atom stereocenters. The smallest absolute Gasteiger partial charge is 0.274 e. The Morgan fingerprint density at radius 2 is 2.04 bits per heavy atom. The quantitative estimate of drug-likeness (QED) is 0.866. The maximum absolute atomic E-state index is 12.6. The van der Waals surface area contributed by atoms with E-state index in [9.17, 15) is 4.79 Å². The number of carbonyl (C=O) groups excluding carboxylic acids is 1. The molecule has 1 amide bonds. The van der Waals surface area contributed by atoms with Crippen molar-refractivity contribution in [3.8, 4) is 5.75 Å². The van der Waals surface area contributed by atoms with Crippen molar-refractivity contribution in [3.63, 3.8) is 0 Å². The number of carbonyl (C=O) groups is 1. The lowest BCUT2D eigenvalue weighted by molar-refractivity contribution is 0.102. The van der Waals surface area contributed by atoms with Gasteiger partial charge in [-0.15, -0.1) is 0 Å². The number of amides is 1. The van der Waals surface area contributed by atoms with Crippen molar-refractivity contribution < 1.29 is 9.53 Å². The lowest BCUT2D eigenvalue weighted by atomic mass is 10.2. The number of ether oxygens (including phenoxy) is 1. The molecule has 3 rings (SSSR count). The van der Waals surface area contributed by atoms with Crippen molar-refractivity contribution in [2.24, 2.45) is 0 Å². The van der Waals surface area contributed by atoms with E-state index in [-0.39, 0.29) is 5.91 Å². The van der Waals surface area contributed by atoms with E-state index in [0.29, 0.717) is 28.1 Å². The molecule has 1 N–H and O–H groups in total. The first kappa shape index (κ1) is 18.4. The number of methoxy groups -OCH3 is 1. The van der Waals surface area contributed by atoms with Crippen LogP contribution >= 0.6 is 11.6 Å². The van der Waals surface area contributed by atoms with Gasteiger partial charge in [-0.1, -0.05) is 18.5 Å². The van der Waals surface area contributed by atoms with Gasteiger partial charge in [0, 0.05) is 37.4 Å². The van der Waals surface area contributed by atoms with Crippen LogP contribution in [-0.4, -0.2) is 60.6 Å². The number of piperazine rings is 1. The van der Waals surface area contributed by atoms with Crippen molar-refractivity contribution in [3.05, 3.63) is 41.2 Å². The molecule has 0 bridgehead atoms. The topological polar surface area (TPSA) is 70.6 Å². The number of nitrogens with zero attached hydrogens (tertiary/aromatic N) is 4. The number of rotatable bonds is 5. The molecule has 1 aliphatic rings. The number of nitrogens with one attached hydrogen (secondary N) is 1. The Bertz CT molecular complexity index is 778. The molecule has 0 spiro atoms. The Morgan fingerprint density at radius 1 is 1.27 bits per heavy atom. The van der Waals surface area contributed by atoms with Gasteiger partial charge < -0.3 is 19.9 Å². The predicted molar refractivity (Wildman–Crippen MR) is 102 cm³/mol. The van der Waals surface area contributed by atoms with Crippen LogP contribution in [0.3, 0.4) is 0 Å². The van der Waals surface area contributed by atoms with Gasteiger partial charge in [-0.05, 0) is 30.8 Å². The van der Waals surface area contributed by atoms with Crippen LogP contribution in [0.4, 0.5) is 11.6 Å². The molecule has 1 fully saturated rings. The van der Waals surface area contributed by atoms with Gasteiger partial charge in [0.2, 0.25) is 5.95 Å². The van der Waals surface area contributed by atoms with E-state index < -0.39 is 0 Å². The lowest BCUT2D eigenvalue weighted by Crippen LogP contribution is -2.46. The molecule has 2 aromatic rings. The fraction of sp³-hybridized carbons (Fsp3) is 0.389. The van der Waals surface area contributed by atoms with Gasteiger partial charge in [-0.3, -0.25) is 4.79 Å². The first-order valence-corrected chi connectivity index (χ1v) is 8.93. The van der Waals surface area contributed by atoms with Crippen LogP contribution in [0.15, 0.2) is 30.5 Å². The first-order chi connectivity index (χ1) is 12.6. The van der Waals surface area contributed by atoms with E-state index in [2.05, 4.69) is 32.0 Å². The molecular weight excluding hydrogens is 354 g/mol. The third-order valence-electron chi connectivity index (χ3n) is 4.39. The minimum absolute atomic E-state index is 0.301. The lowest BCUT2D eigenvalue weighted by Gasteiger charge is -2.34. The summed E-state index contributed by atoms with van der Waals surface area (Å²) in [6.45, 7) is 6.83. The summed E-state index contributed by atoms with van der Waals surface area (Å²) in [6.07, 6.45) is 1.61. The first-order valence-electron chi connectivity index (χ1n) is 8.56. The molecule has 1 aromatic carbocycles. The van der Waals surface area contributed by atoms with Crippen LogP contribution in [0.25, 0.3) is 0 Å². The van der Waals surface area contributed by atoms with Crippen LogP contribution in [0.2, 0.25) is 5.02 Å². The summed E-state index contributed by atoms with van der Waals surface area (Å²) < 4.78 is 5.26. The molecular formula is C18H22ClN5O2. The van der Waals surface area contributed by atoms with Crippen molar-refractivity contribution in [1.29, 1.82) is 0 Å². The van der Waals surface area contributed by atoms with Gasteiger partial charge in [-0.25, -0.2) is 9.97 Å². The Kier molecular flexibility index (Phi) is 5.90. The molecule has 0 saturated carbocycles. The summed E-state index contributed by atoms with van der Waals surface area (Å²) in [5.74, 6) is 0.778. The molecule has 2 heterocycles. The molecule has 1 aliphatic heterocycles. The number of benzene rings is 1. The highest BCUT2D eigenvalue weighted by molar-refractivity contribution is 6.31. The fourth-order valence-corrected chi connectivity index (χ4v) is 3.03. The molecule has 0 aliphatic carbocycles. The second-order valence-corrected chi connectivity index (χ2v) is 6.40. The SMILES string of the molecule is CCN1CCN(c2nccc(C(=O)Nc3cc(Cl)ccc3OC)n2)CC1. The monoisotopic (exact) mass is 375 g/mol. The van der Waals surface area contributed by atoms with Gasteiger partial charge in [0.25, 0.3) is 5.91 Å². The van der Waals surface area contributed by atoms with E-state index >= 15 is 0 Å². The predicted octanol–water partition coefficient (Wildman–Crippen LogP) is 2.53. The number of hydrogen-bond donors (Lipinski definition) is 1. The van der Waals surface area contributed by atoms with Crippen LogP contribution in [0, 0.1) is 0 Å². The van der Waals surface area contributed by atoms with Gasteiger partial charge in [-0.2, -0.15) is 0 Å². The van der Waals surface area contributed by atoms with Crippen molar-refractivity contribution in [2.45, 2.75) is 6.92 Å². The zero-order chi connectivity index (χ0) is 18.5. The Morgan fingerprint density at radius 3 is 2.73 bits per heavy atom. The average molecular weight is 376 g/mol. The van der Waals surface area contributed by atoms with Gasteiger partial charge in [0.15, 0.2) is 0 Å². The second kappa shape index (κ2) is 8.33. The standard InChI is InChI=1S/C18H22ClN5O2/c1-3-23-8-10-24(11-9-23)18-20-7-6-14(22-18)17(25)21-15-12-13(19)4-5-16(15)26-2/h4-7,12H,3,8-11H2,1-2H3,(H,21,25). The van der Waals surface area contributed by atoms with Crippen molar-refractivity contribution in [2.75, 3.05) is 50.1 Å². The van der Waals surface area contributed by atoms with Gasteiger partial charge in [0.05, 0.1) is 12.8 Å². The molecule has 8 heteroatoms. The van der Waals surface area contributed by atoms with Crippen LogP contribution < -0.4 is 15.0 Å². The van der Waals surface area contributed by atoms with E-state index in [1.54, 1.807) is 30.5 Å². The molecule has 1 saturated heterocycles. The van der Waals surface area contributed by atoms with Gasteiger partial charge >= 0.3 is 0 Å². The number of anilines is 2. The molecule has 7 nitrogen and oxygen atoms in total. The van der Waals surface area contributed by atoms with E-state index in [4.69, 9.17) is 16.3 Å². The van der Waals surface area contributed by atoms with E-state index in [0.717, 1.165) is 32.7 Å². The number of likely N-dealkylation sites (N-methyl/N-ethyl adjacent to an activating group) is 1. The zero-order valence-electron chi connectivity index (χ0n) is 14.9. The highest BCUT2D eigenvalue weighted by Gasteiger charge is 2.19. The Labute approximate surface area is 157 Å². The third-order valence-corrected chi connectivity index (χ3v) is 4.62. The summed E-state index contributed by atoms with van der Waals surface area (Å²) in [6, 6.07) is 6.65. The van der Waals surface area contributed by atoms with Crippen LogP contribution in [0.5, 0.6) is 5.75 Å². The molecule has 0 atom stereocenters. The van der Waals surface area contributed by atoms with Crippen LogP contribution in [-0.2, 0) is 0 Å². The van der Waals surface area contributed by atoms with E-state index in [1.807, 2.05) is 0 Å². The zero-order valence-corrected chi connectivity index (χ0v) is 15.7. The van der Waals surface area contributed by atoms with Gasteiger partial charge in [0.1, 0.15) is 11.4 Å².